The quantitative estimate of drug-likeness (QED) is 0.196. The number of benzene rings is 1. The fourth-order valence-electron chi connectivity index (χ4n) is 5.76. The van der Waals surface area contributed by atoms with Crippen molar-refractivity contribution in [3.05, 3.63) is 105 Å². The molecular formula is C30H30ClF3N8O2S2. The molecule has 1 saturated heterocycles. The molecule has 2 N–H and O–H groups in total. The van der Waals surface area contributed by atoms with Crippen molar-refractivity contribution in [2.24, 2.45) is 10.9 Å². The number of pyridine rings is 1. The van der Waals surface area contributed by atoms with E-state index in [0.29, 0.717) is 44.5 Å². The van der Waals surface area contributed by atoms with Crippen LogP contribution < -0.4 is 9.44 Å². The Morgan fingerprint density at radius 1 is 1.13 bits per heavy atom. The molecule has 1 aromatic carbocycles. The van der Waals surface area contributed by atoms with Crippen molar-refractivity contribution in [3.8, 4) is 0 Å². The summed E-state index contributed by atoms with van der Waals surface area (Å²) in [6.07, 6.45) is 5.10. The van der Waals surface area contributed by atoms with Crippen LogP contribution in [0, 0.1) is 11.7 Å². The minimum atomic E-state index is -4.06. The first kappa shape index (κ1) is 32.3. The van der Waals surface area contributed by atoms with Gasteiger partial charge in [-0.25, -0.2) is 14.1 Å². The predicted octanol–water partition coefficient (Wildman–Crippen LogP) is 6.12. The van der Waals surface area contributed by atoms with E-state index in [9.17, 15) is 21.6 Å². The maximum Gasteiger partial charge on any atom is 0.333 e. The van der Waals surface area contributed by atoms with E-state index >= 15 is 0 Å². The number of aromatic nitrogens is 4. The highest BCUT2D eigenvalue weighted by Crippen LogP contribution is 2.46. The SMILES string of the molecule is CC(C)C[C@@H](NS(=O)(=O)N[C@H]1CC2=C(c3ccn(C(F)F)n3)[C@H](c3ccc(F)cc3Cl)N=C(c3nccs3)N2C1)c1ccccn1. The number of fused-ring (bicyclic) bond motifs is 1. The third-order valence-corrected chi connectivity index (χ3v) is 9.93. The summed E-state index contributed by atoms with van der Waals surface area (Å²) in [5.74, 6) is 0.0901. The van der Waals surface area contributed by atoms with Gasteiger partial charge in [-0.3, -0.25) is 9.98 Å². The average Bonchev–Trinajstić information content (AvgIpc) is 3.77. The second kappa shape index (κ2) is 13.2. The Morgan fingerprint density at radius 2 is 1.96 bits per heavy atom. The Hall–Kier alpha value is -3.63. The average molecular weight is 691 g/mol. The molecule has 2 aliphatic rings. The summed E-state index contributed by atoms with van der Waals surface area (Å²) in [6.45, 7) is 1.29. The molecule has 0 spiro atoms. The zero-order valence-electron chi connectivity index (χ0n) is 24.7. The molecule has 0 bridgehead atoms. The van der Waals surface area contributed by atoms with Gasteiger partial charge in [0.25, 0.3) is 10.2 Å². The fourth-order valence-corrected chi connectivity index (χ4v) is 7.92. The van der Waals surface area contributed by atoms with Gasteiger partial charge in [0.1, 0.15) is 11.9 Å². The summed E-state index contributed by atoms with van der Waals surface area (Å²) < 4.78 is 74.6. The third-order valence-electron chi connectivity index (χ3n) is 7.60. The van der Waals surface area contributed by atoms with Crippen LogP contribution in [0.1, 0.15) is 67.3 Å². The van der Waals surface area contributed by atoms with E-state index in [1.165, 1.54) is 29.5 Å². The van der Waals surface area contributed by atoms with Gasteiger partial charge in [0.15, 0.2) is 10.8 Å². The van der Waals surface area contributed by atoms with Crippen molar-refractivity contribution in [3.63, 3.8) is 0 Å². The molecule has 46 heavy (non-hydrogen) atoms. The first-order valence-electron chi connectivity index (χ1n) is 14.5. The van der Waals surface area contributed by atoms with Gasteiger partial charge in [0.05, 0.1) is 17.4 Å². The first-order chi connectivity index (χ1) is 22.0. The molecule has 6 rings (SSSR count). The highest BCUT2D eigenvalue weighted by Gasteiger charge is 2.42. The maximum atomic E-state index is 14.1. The first-order valence-corrected chi connectivity index (χ1v) is 17.2. The molecule has 1 fully saturated rings. The number of nitrogens with zero attached hydrogens (tertiary/aromatic N) is 6. The van der Waals surface area contributed by atoms with E-state index in [2.05, 4.69) is 24.5 Å². The number of halogens is 4. The smallest absolute Gasteiger partial charge is 0.326 e. The highest BCUT2D eigenvalue weighted by molar-refractivity contribution is 7.87. The Labute approximate surface area is 273 Å². The molecule has 0 radical (unpaired) electrons. The third kappa shape index (κ3) is 6.88. The summed E-state index contributed by atoms with van der Waals surface area (Å²) in [5.41, 5.74) is 2.31. The Morgan fingerprint density at radius 3 is 2.61 bits per heavy atom. The normalized spacial score (nSPS) is 19.2. The standard InChI is InChI=1S/C30H30ClF3N8O2S2/c1-17(2)13-24(22-5-3-4-9-35-22)40-46(43,44)39-19-15-25-26(23-8-11-42(38-23)30(33)34)27(20-7-6-18(32)14-21(20)31)37-28(41(25)16-19)29-36-10-12-45-29/h3-12,14,17,19,24,27,30,39-40H,13,15-16H2,1-2H3/t19-,24+,27-/m0/s1. The van der Waals surface area contributed by atoms with Crippen LogP contribution in [0.5, 0.6) is 0 Å². The molecule has 5 heterocycles. The number of hydrogen-bond acceptors (Lipinski definition) is 8. The zero-order valence-corrected chi connectivity index (χ0v) is 27.1. The monoisotopic (exact) mass is 690 g/mol. The molecule has 0 amide bonds. The topological polar surface area (TPSA) is 117 Å². The summed E-state index contributed by atoms with van der Waals surface area (Å²) >= 11 is 7.87. The van der Waals surface area contributed by atoms with Crippen molar-refractivity contribution >= 4 is 44.6 Å². The Balaban J connectivity index is 1.40. The molecule has 242 valence electrons. The summed E-state index contributed by atoms with van der Waals surface area (Å²) in [5, 5.41) is 6.57. The van der Waals surface area contributed by atoms with E-state index < -0.39 is 40.7 Å². The molecule has 4 aromatic rings. The number of thiazole rings is 1. The second-order valence-electron chi connectivity index (χ2n) is 11.4. The van der Waals surface area contributed by atoms with Crippen molar-refractivity contribution in [2.45, 2.75) is 51.4 Å². The molecule has 0 saturated carbocycles. The summed E-state index contributed by atoms with van der Waals surface area (Å²) in [6, 6.07) is 8.63. The van der Waals surface area contributed by atoms with E-state index in [-0.39, 0.29) is 29.6 Å². The Kier molecular flexibility index (Phi) is 9.30. The summed E-state index contributed by atoms with van der Waals surface area (Å²) in [7, 11) is -4.06. The maximum absolute atomic E-state index is 14.1. The molecule has 3 aromatic heterocycles. The lowest BCUT2D eigenvalue weighted by atomic mass is 9.92. The number of rotatable bonds is 11. The van der Waals surface area contributed by atoms with E-state index in [1.807, 2.05) is 18.7 Å². The van der Waals surface area contributed by atoms with Gasteiger partial charge in [-0.05, 0) is 42.7 Å². The van der Waals surface area contributed by atoms with Gasteiger partial charge in [-0.1, -0.05) is 37.6 Å². The van der Waals surface area contributed by atoms with Crippen molar-refractivity contribution in [1.82, 2.24) is 34.1 Å². The molecule has 2 aliphatic heterocycles. The zero-order chi connectivity index (χ0) is 32.6. The van der Waals surface area contributed by atoms with E-state index in [4.69, 9.17) is 16.6 Å². The summed E-state index contributed by atoms with van der Waals surface area (Å²) in [4.78, 5) is 15.6. The number of amidine groups is 1. The fraction of sp³-hybridized carbons (Fsp3) is 0.333. The lowest BCUT2D eigenvalue weighted by molar-refractivity contribution is 0.0564. The van der Waals surface area contributed by atoms with Crippen LogP contribution in [0.25, 0.3) is 5.57 Å². The van der Waals surface area contributed by atoms with Crippen LogP contribution in [-0.4, -0.2) is 51.5 Å². The number of aliphatic imine (C=N–C) groups is 1. The van der Waals surface area contributed by atoms with Gasteiger partial charge in [-0.15, -0.1) is 11.3 Å². The van der Waals surface area contributed by atoms with Gasteiger partial charge in [0.2, 0.25) is 0 Å². The van der Waals surface area contributed by atoms with Gasteiger partial charge >= 0.3 is 6.55 Å². The molecule has 16 heteroatoms. The molecule has 3 atom stereocenters. The second-order valence-corrected chi connectivity index (χ2v) is 14.1. The number of nitrogens with one attached hydrogen (secondary N) is 2. The van der Waals surface area contributed by atoms with Crippen LogP contribution in [0.4, 0.5) is 13.2 Å². The van der Waals surface area contributed by atoms with Crippen LogP contribution in [0.3, 0.4) is 0 Å². The lowest BCUT2D eigenvalue weighted by Crippen LogP contribution is -2.46. The largest absolute Gasteiger partial charge is 0.333 e. The minimum absolute atomic E-state index is 0.0947. The number of hydrogen-bond donors (Lipinski definition) is 2. The van der Waals surface area contributed by atoms with Crippen LogP contribution in [0.2, 0.25) is 5.02 Å². The minimum Gasteiger partial charge on any atom is -0.326 e. The van der Waals surface area contributed by atoms with Crippen molar-refractivity contribution < 1.29 is 21.6 Å². The van der Waals surface area contributed by atoms with Crippen molar-refractivity contribution in [2.75, 3.05) is 6.54 Å². The van der Waals surface area contributed by atoms with Crippen LogP contribution in [0.15, 0.2) is 77.1 Å². The highest BCUT2D eigenvalue weighted by atomic mass is 35.5. The van der Waals surface area contributed by atoms with Gasteiger partial charge in [-0.2, -0.15) is 31.7 Å². The van der Waals surface area contributed by atoms with Gasteiger partial charge < -0.3 is 4.90 Å². The number of alkyl halides is 2. The van der Waals surface area contributed by atoms with Gasteiger partial charge in [0, 0.05) is 64.8 Å². The molecule has 0 aliphatic carbocycles. The van der Waals surface area contributed by atoms with E-state index in [1.54, 1.807) is 36.0 Å². The van der Waals surface area contributed by atoms with Crippen molar-refractivity contribution in [1.29, 1.82) is 0 Å². The van der Waals surface area contributed by atoms with Crippen LogP contribution >= 0.6 is 22.9 Å². The lowest BCUT2D eigenvalue weighted by Gasteiger charge is -2.32. The Bertz CT molecular complexity index is 1870. The van der Waals surface area contributed by atoms with E-state index in [0.717, 1.165) is 12.3 Å². The predicted molar refractivity (Wildman–Crippen MR) is 170 cm³/mol. The van der Waals surface area contributed by atoms with Crippen LogP contribution in [-0.2, 0) is 10.2 Å². The molecule has 10 nitrogen and oxygen atoms in total. The molecule has 0 unspecified atom stereocenters. The molecular weight excluding hydrogens is 661 g/mol.